The van der Waals surface area contributed by atoms with Gasteiger partial charge in [0.25, 0.3) is 0 Å². The molecule has 1 aromatic heterocycles. The number of hydrogen-bond donors (Lipinski definition) is 3. The molecule has 0 radical (unpaired) electrons. The predicted octanol–water partition coefficient (Wildman–Crippen LogP) is 4.61. The topological polar surface area (TPSA) is 124 Å². The number of cyclic esters (lactones) is 1. The lowest BCUT2D eigenvalue weighted by Crippen LogP contribution is -2.61. The second-order valence-corrected chi connectivity index (χ2v) is 11.1. The van der Waals surface area contributed by atoms with Crippen LogP contribution in [0.2, 0.25) is 0 Å². The van der Waals surface area contributed by atoms with Gasteiger partial charge in [0, 0.05) is 29.8 Å². The summed E-state index contributed by atoms with van der Waals surface area (Å²) in [6.07, 6.45) is 7.05. The normalized spacial score (nSPS) is 31.4. The lowest BCUT2D eigenvalue weighted by molar-refractivity contribution is -0.170. The molecule has 1 saturated heterocycles. The molecule has 8 nitrogen and oxygen atoms in total. The lowest BCUT2D eigenvalue weighted by atomic mass is 9.62. The van der Waals surface area contributed by atoms with Crippen LogP contribution < -0.4 is 11.1 Å². The molecule has 2 fully saturated rings. The van der Waals surface area contributed by atoms with Gasteiger partial charge in [-0.15, -0.1) is 0 Å². The van der Waals surface area contributed by atoms with Gasteiger partial charge in [0.05, 0.1) is 18.4 Å². The second-order valence-electron chi connectivity index (χ2n) is 11.1. The van der Waals surface area contributed by atoms with E-state index in [9.17, 15) is 19.1 Å². The molecular weight excluding hydrogens is 501 g/mol. The Morgan fingerprint density at radius 3 is 2.79 bits per heavy atom. The summed E-state index contributed by atoms with van der Waals surface area (Å²) < 4.78 is 24.3. The lowest BCUT2D eigenvalue weighted by Gasteiger charge is -2.48. The fraction of sp³-hybridized carbons (Fsp3) is 0.500. The highest BCUT2D eigenvalue weighted by Gasteiger charge is 2.51. The number of ether oxygens (including phenoxy) is 2. The Morgan fingerprint density at radius 1 is 1.31 bits per heavy atom. The van der Waals surface area contributed by atoms with Crippen LogP contribution in [0.1, 0.15) is 58.6 Å². The molecular formula is C30H38FN3O5. The van der Waals surface area contributed by atoms with Crippen molar-refractivity contribution < 1.29 is 28.6 Å². The summed E-state index contributed by atoms with van der Waals surface area (Å²) in [5.74, 6) is -1.15. The number of nitrogens with two attached hydrogens (primary N) is 1. The van der Waals surface area contributed by atoms with Gasteiger partial charge in [0.15, 0.2) is 5.60 Å². The second kappa shape index (κ2) is 11.8. The van der Waals surface area contributed by atoms with Crippen molar-refractivity contribution in [2.24, 2.45) is 17.6 Å². The van der Waals surface area contributed by atoms with E-state index in [2.05, 4.69) is 16.4 Å². The maximum Gasteiger partial charge on any atom is 0.407 e. The number of nitrogens with one attached hydrogen (secondary N) is 1. The minimum absolute atomic E-state index is 0.00213. The number of fused-ring (bicyclic) bond motifs is 1. The molecule has 2 aliphatic rings. The van der Waals surface area contributed by atoms with Crippen molar-refractivity contribution in [1.29, 1.82) is 0 Å². The van der Waals surface area contributed by atoms with Crippen molar-refractivity contribution in [3.8, 4) is 11.1 Å². The number of aromatic nitrogens is 1. The first-order chi connectivity index (χ1) is 18.5. The minimum Gasteiger partial charge on any atom is -0.461 e. The largest absolute Gasteiger partial charge is 0.461 e. The van der Waals surface area contributed by atoms with Crippen LogP contribution in [0, 0.1) is 17.7 Å². The van der Waals surface area contributed by atoms with Crippen LogP contribution in [-0.2, 0) is 14.3 Å². The number of amides is 1. The number of pyridine rings is 1. The summed E-state index contributed by atoms with van der Waals surface area (Å²) in [4.78, 5) is 29.4. The third kappa shape index (κ3) is 7.02. The highest BCUT2D eigenvalue weighted by Crippen LogP contribution is 2.45. The van der Waals surface area contributed by atoms with Crippen molar-refractivity contribution in [2.45, 2.75) is 76.2 Å². The number of carbonyl (C=O) groups is 2. The third-order valence-corrected chi connectivity index (χ3v) is 7.79. The van der Waals surface area contributed by atoms with E-state index < -0.39 is 29.3 Å². The standard InChI is InChI=1S/C30H38FN3O5/c1-4-38-28(36)34-25-12-13-26-21(14-19(2)39-27(35)29(3,37)18-30(26,32)16-25)8-10-24-11-9-22(17-33-24)20-6-5-7-23(31)15-20/h5-11,15,17,19,21,25-26,37H,4,12-14,16,18,32H2,1-3H3,(H,34,36)/b10-8+/t19-,21-,25-,26?,29-,30-/m1/s1. The molecule has 1 saturated carbocycles. The third-order valence-electron chi connectivity index (χ3n) is 7.79. The van der Waals surface area contributed by atoms with Gasteiger partial charge >= 0.3 is 12.1 Å². The average molecular weight is 540 g/mol. The highest BCUT2D eigenvalue weighted by molar-refractivity contribution is 5.79. The molecule has 1 aliphatic heterocycles. The summed E-state index contributed by atoms with van der Waals surface area (Å²) in [6, 6.07) is 9.89. The molecule has 1 unspecified atom stereocenters. The van der Waals surface area contributed by atoms with E-state index in [-0.39, 0.29) is 36.7 Å². The zero-order chi connectivity index (χ0) is 28.2. The monoisotopic (exact) mass is 539 g/mol. The number of benzene rings is 1. The van der Waals surface area contributed by atoms with E-state index in [4.69, 9.17) is 15.2 Å². The number of allylic oxidation sites excluding steroid dienone is 1. The fourth-order valence-electron chi connectivity index (χ4n) is 6.08. The zero-order valence-electron chi connectivity index (χ0n) is 22.7. The maximum absolute atomic E-state index is 13.6. The number of halogens is 1. The molecule has 4 N–H and O–H groups in total. The smallest absolute Gasteiger partial charge is 0.407 e. The van der Waals surface area contributed by atoms with Gasteiger partial charge in [-0.2, -0.15) is 0 Å². The molecule has 1 aromatic carbocycles. The summed E-state index contributed by atoms with van der Waals surface area (Å²) in [6.45, 7) is 5.26. The number of nitrogens with zero attached hydrogens (tertiary/aromatic N) is 1. The van der Waals surface area contributed by atoms with Gasteiger partial charge in [0.1, 0.15) is 5.82 Å². The van der Waals surface area contributed by atoms with Gasteiger partial charge in [-0.3, -0.25) is 4.98 Å². The van der Waals surface area contributed by atoms with Gasteiger partial charge < -0.3 is 25.6 Å². The van der Waals surface area contributed by atoms with E-state index in [1.807, 2.05) is 31.2 Å². The van der Waals surface area contributed by atoms with Crippen LogP contribution in [0.25, 0.3) is 17.2 Å². The Morgan fingerprint density at radius 2 is 2.10 bits per heavy atom. The summed E-state index contributed by atoms with van der Waals surface area (Å²) in [5.41, 5.74) is 6.62. The summed E-state index contributed by atoms with van der Waals surface area (Å²) in [5, 5.41) is 13.9. The van der Waals surface area contributed by atoms with Crippen LogP contribution in [0.4, 0.5) is 9.18 Å². The van der Waals surface area contributed by atoms with Gasteiger partial charge in [-0.05, 0) is 88.1 Å². The first kappa shape index (κ1) is 28.7. The molecule has 1 amide bonds. The molecule has 0 spiro atoms. The fourth-order valence-corrected chi connectivity index (χ4v) is 6.08. The van der Waals surface area contributed by atoms with Crippen LogP contribution >= 0.6 is 0 Å². The van der Waals surface area contributed by atoms with Crippen LogP contribution in [0.15, 0.2) is 48.7 Å². The Kier molecular flexibility index (Phi) is 8.71. The van der Waals surface area contributed by atoms with Crippen molar-refractivity contribution in [2.75, 3.05) is 6.61 Å². The molecule has 2 heterocycles. The number of rotatable bonds is 5. The minimum atomic E-state index is -1.76. The number of alkyl carbamates (subject to hydrolysis) is 1. The van der Waals surface area contributed by atoms with Gasteiger partial charge in [0.2, 0.25) is 0 Å². The molecule has 2 aromatic rings. The highest BCUT2D eigenvalue weighted by atomic mass is 19.1. The molecule has 0 bridgehead atoms. The molecule has 9 heteroatoms. The Bertz CT molecular complexity index is 1200. The van der Waals surface area contributed by atoms with Crippen LogP contribution in [-0.4, -0.2) is 52.0 Å². The maximum atomic E-state index is 13.6. The molecule has 1 aliphatic carbocycles. The first-order valence-electron chi connectivity index (χ1n) is 13.5. The van der Waals surface area contributed by atoms with Crippen molar-refractivity contribution in [1.82, 2.24) is 10.3 Å². The predicted molar refractivity (Wildman–Crippen MR) is 146 cm³/mol. The van der Waals surface area contributed by atoms with E-state index in [0.717, 1.165) is 16.8 Å². The number of aliphatic hydroxyl groups is 1. The van der Waals surface area contributed by atoms with E-state index >= 15 is 0 Å². The Labute approximate surface area is 228 Å². The first-order valence-corrected chi connectivity index (χ1v) is 13.5. The van der Waals surface area contributed by atoms with Crippen LogP contribution in [0.5, 0.6) is 0 Å². The average Bonchev–Trinajstić information content (AvgIpc) is 2.88. The van der Waals surface area contributed by atoms with E-state index in [0.29, 0.717) is 25.7 Å². The molecule has 210 valence electrons. The van der Waals surface area contributed by atoms with Crippen molar-refractivity contribution in [3.05, 3.63) is 60.2 Å². The Balaban J connectivity index is 1.59. The molecule has 6 atom stereocenters. The zero-order valence-corrected chi connectivity index (χ0v) is 22.7. The SMILES string of the molecule is CCOC(=O)N[C@@H]1CCC2[C@H](/C=C/c3ccc(-c4cccc(F)c4)cn3)C[C@@H](C)OC(=O)[C@](C)(O)C[C@]2(N)C1. The number of carbonyl (C=O) groups excluding carboxylic acids is 2. The number of esters is 1. The van der Waals surface area contributed by atoms with Crippen molar-refractivity contribution in [3.63, 3.8) is 0 Å². The van der Waals surface area contributed by atoms with E-state index in [1.54, 1.807) is 19.2 Å². The van der Waals surface area contributed by atoms with Gasteiger partial charge in [-0.1, -0.05) is 24.3 Å². The quantitative estimate of drug-likeness (QED) is 0.474. The number of hydrogen-bond acceptors (Lipinski definition) is 7. The summed E-state index contributed by atoms with van der Waals surface area (Å²) in [7, 11) is 0. The summed E-state index contributed by atoms with van der Waals surface area (Å²) >= 11 is 0. The van der Waals surface area contributed by atoms with E-state index in [1.165, 1.54) is 19.1 Å². The molecule has 39 heavy (non-hydrogen) atoms. The van der Waals surface area contributed by atoms with Gasteiger partial charge in [-0.25, -0.2) is 14.0 Å². The Hall–Kier alpha value is -3.30. The van der Waals surface area contributed by atoms with Crippen LogP contribution in [0.3, 0.4) is 0 Å². The van der Waals surface area contributed by atoms with Crippen molar-refractivity contribution >= 4 is 18.1 Å². The molecule has 4 rings (SSSR count).